The summed E-state index contributed by atoms with van der Waals surface area (Å²) < 4.78 is 0. The van der Waals surface area contributed by atoms with E-state index in [1.807, 2.05) is 0 Å². The van der Waals surface area contributed by atoms with Crippen LogP contribution in [0, 0.1) is 5.41 Å². The van der Waals surface area contributed by atoms with Gasteiger partial charge in [0.15, 0.2) is 0 Å². The number of hydrogen-bond donors (Lipinski definition) is 1. The Morgan fingerprint density at radius 2 is 1.45 bits per heavy atom. The summed E-state index contributed by atoms with van der Waals surface area (Å²) in [4.78, 5) is 0. The smallest absolute Gasteiger partial charge is 0.00972 e. The third-order valence-corrected chi connectivity index (χ3v) is 2.40. The molecule has 0 aromatic heterocycles. The van der Waals surface area contributed by atoms with Crippen molar-refractivity contribution < 1.29 is 0 Å². The molecule has 0 aliphatic heterocycles. The molecule has 0 aromatic carbocycles. The van der Waals surface area contributed by atoms with Crippen LogP contribution in [0.15, 0.2) is 0 Å². The molecular formula is C10H23N. The summed E-state index contributed by atoms with van der Waals surface area (Å²) in [5.41, 5.74) is 6.37. The first kappa shape index (κ1) is 11.0. The fourth-order valence-corrected chi connectivity index (χ4v) is 0.837. The summed E-state index contributed by atoms with van der Waals surface area (Å²) in [7, 11) is 0. The van der Waals surface area contributed by atoms with Gasteiger partial charge in [-0.15, -0.1) is 0 Å². The van der Waals surface area contributed by atoms with Crippen molar-refractivity contribution in [2.45, 2.75) is 59.4 Å². The third kappa shape index (κ3) is 6.36. The number of nitrogens with two attached hydrogens (primary N) is 1. The lowest BCUT2D eigenvalue weighted by Gasteiger charge is -2.27. The molecule has 0 atom stereocenters. The highest BCUT2D eigenvalue weighted by atomic mass is 14.7. The van der Waals surface area contributed by atoms with Gasteiger partial charge in [0.1, 0.15) is 0 Å². The standard InChI is InChI=1S/C10H23N/c1-6-9(2,3)7-8-10(4,5)11/h6-8,11H2,1-5H3. The molecule has 1 nitrogen and oxygen atoms in total. The lowest BCUT2D eigenvalue weighted by molar-refractivity contribution is 0.279. The molecule has 0 amide bonds. The van der Waals surface area contributed by atoms with Crippen LogP contribution in [0.25, 0.3) is 0 Å². The second-order valence-corrected chi connectivity index (χ2v) is 5.01. The van der Waals surface area contributed by atoms with Gasteiger partial charge in [-0.3, -0.25) is 0 Å². The van der Waals surface area contributed by atoms with Gasteiger partial charge in [-0.1, -0.05) is 27.2 Å². The van der Waals surface area contributed by atoms with Crippen molar-refractivity contribution >= 4 is 0 Å². The highest BCUT2D eigenvalue weighted by Gasteiger charge is 2.19. The van der Waals surface area contributed by atoms with Gasteiger partial charge in [-0.2, -0.15) is 0 Å². The van der Waals surface area contributed by atoms with Crippen LogP contribution in [0.3, 0.4) is 0 Å². The highest BCUT2D eigenvalue weighted by molar-refractivity contribution is 4.76. The van der Waals surface area contributed by atoms with Crippen LogP contribution in [0.2, 0.25) is 0 Å². The van der Waals surface area contributed by atoms with Gasteiger partial charge in [0, 0.05) is 5.54 Å². The molecule has 0 spiro atoms. The van der Waals surface area contributed by atoms with Gasteiger partial charge >= 0.3 is 0 Å². The van der Waals surface area contributed by atoms with Gasteiger partial charge in [-0.05, 0) is 32.1 Å². The Labute approximate surface area is 71.4 Å². The lowest BCUT2D eigenvalue weighted by atomic mass is 9.81. The molecule has 11 heavy (non-hydrogen) atoms. The molecule has 0 radical (unpaired) electrons. The average molecular weight is 157 g/mol. The van der Waals surface area contributed by atoms with Crippen LogP contribution in [-0.4, -0.2) is 5.54 Å². The lowest BCUT2D eigenvalue weighted by Crippen LogP contribution is -2.33. The van der Waals surface area contributed by atoms with E-state index in [2.05, 4.69) is 34.6 Å². The quantitative estimate of drug-likeness (QED) is 0.667. The predicted octanol–water partition coefficient (Wildman–Crippen LogP) is 2.94. The molecule has 0 bridgehead atoms. The van der Waals surface area contributed by atoms with Crippen molar-refractivity contribution in [3.8, 4) is 0 Å². The molecule has 2 N–H and O–H groups in total. The van der Waals surface area contributed by atoms with Crippen LogP contribution in [0.4, 0.5) is 0 Å². The maximum atomic E-state index is 5.90. The Bertz CT molecular complexity index is 109. The second-order valence-electron chi connectivity index (χ2n) is 5.01. The molecular weight excluding hydrogens is 134 g/mol. The van der Waals surface area contributed by atoms with Gasteiger partial charge in [-0.25, -0.2) is 0 Å². The molecule has 0 fully saturated rings. The Balaban J connectivity index is 3.70. The van der Waals surface area contributed by atoms with Gasteiger partial charge in [0.05, 0.1) is 0 Å². The number of hydrogen-bond acceptors (Lipinski definition) is 1. The van der Waals surface area contributed by atoms with Crippen LogP contribution in [-0.2, 0) is 0 Å². The van der Waals surface area contributed by atoms with E-state index in [1.54, 1.807) is 0 Å². The summed E-state index contributed by atoms with van der Waals surface area (Å²) >= 11 is 0. The minimum Gasteiger partial charge on any atom is -0.326 e. The van der Waals surface area contributed by atoms with Crippen LogP contribution >= 0.6 is 0 Å². The van der Waals surface area contributed by atoms with Crippen molar-refractivity contribution in [2.75, 3.05) is 0 Å². The SMILES string of the molecule is CCC(C)(C)CCC(C)(C)N. The molecule has 0 heterocycles. The Hall–Kier alpha value is -0.0400. The fraction of sp³-hybridized carbons (Fsp3) is 1.00. The minimum absolute atomic E-state index is 0.00639. The fourth-order valence-electron chi connectivity index (χ4n) is 0.837. The van der Waals surface area contributed by atoms with E-state index in [9.17, 15) is 0 Å². The zero-order valence-electron chi connectivity index (χ0n) is 8.70. The highest BCUT2D eigenvalue weighted by Crippen LogP contribution is 2.28. The molecule has 0 aliphatic rings. The summed E-state index contributed by atoms with van der Waals surface area (Å²) in [5, 5.41) is 0. The van der Waals surface area contributed by atoms with Crippen molar-refractivity contribution in [1.82, 2.24) is 0 Å². The number of rotatable bonds is 4. The molecule has 0 rings (SSSR count). The maximum absolute atomic E-state index is 5.90. The van der Waals surface area contributed by atoms with Crippen LogP contribution in [0.5, 0.6) is 0 Å². The zero-order chi connectivity index (χ0) is 9.12. The second kappa shape index (κ2) is 3.57. The van der Waals surface area contributed by atoms with E-state index >= 15 is 0 Å². The monoisotopic (exact) mass is 157 g/mol. The van der Waals surface area contributed by atoms with E-state index in [0.29, 0.717) is 5.41 Å². The van der Waals surface area contributed by atoms with Gasteiger partial charge in [0.25, 0.3) is 0 Å². The Kier molecular flexibility index (Phi) is 3.56. The van der Waals surface area contributed by atoms with Crippen LogP contribution < -0.4 is 5.73 Å². The molecule has 68 valence electrons. The van der Waals surface area contributed by atoms with Crippen molar-refractivity contribution in [2.24, 2.45) is 11.1 Å². The first-order valence-electron chi connectivity index (χ1n) is 4.56. The summed E-state index contributed by atoms with van der Waals surface area (Å²) in [6.45, 7) is 11.0. The molecule has 0 aromatic rings. The van der Waals surface area contributed by atoms with Gasteiger partial charge < -0.3 is 5.73 Å². The van der Waals surface area contributed by atoms with E-state index in [0.717, 1.165) is 6.42 Å². The zero-order valence-corrected chi connectivity index (χ0v) is 8.70. The van der Waals surface area contributed by atoms with Crippen molar-refractivity contribution in [3.05, 3.63) is 0 Å². The molecule has 0 saturated heterocycles. The van der Waals surface area contributed by atoms with Gasteiger partial charge in [0.2, 0.25) is 0 Å². The summed E-state index contributed by atoms with van der Waals surface area (Å²) in [5.74, 6) is 0. The van der Waals surface area contributed by atoms with E-state index in [4.69, 9.17) is 5.73 Å². The predicted molar refractivity (Wildman–Crippen MR) is 51.6 cm³/mol. The first-order chi connectivity index (χ1) is 4.77. The summed E-state index contributed by atoms with van der Waals surface area (Å²) in [6, 6.07) is 0. The van der Waals surface area contributed by atoms with Crippen molar-refractivity contribution in [3.63, 3.8) is 0 Å². The normalized spacial score (nSPS) is 13.6. The Morgan fingerprint density at radius 3 is 1.73 bits per heavy atom. The van der Waals surface area contributed by atoms with Crippen molar-refractivity contribution in [1.29, 1.82) is 0 Å². The summed E-state index contributed by atoms with van der Waals surface area (Å²) in [6.07, 6.45) is 3.59. The first-order valence-corrected chi connectivity index (χ1v) is 4.56. The molecule has 0 aliphatic carbocycles. The van der Waals surface area contributed by atoms with E-state index < -0.39 is 0 Å². The minimum atomic E-state index is 0.00639. The molecule has 1 heteroatoms. The average Bonchev–Trinajstić information content (AvgIpc) is 1.83. The Morgan fingerprint density at radius 1 is 1.00 bits per heavy atom. The topological polar surface area (TPSA) is 26.0 Å². The maximum Gasteiger partial charge on any atom is 0.00972 e. The van der Waals surface area contributed by atoms with E-state index in [1.165, 1.54) is 12.8 Å². The molecule has 0 saturated carbocycles. The van der Waals surface area contributed by atoms with E-state index in [-0.39, 0.29) is 5.54 Å². The largest absolute Gasteiger partial charge is 0.326 e. The van der Waals surface area contributed by atoms with Crippen LogP contribution in [0.1, 0.15) is 53.9 Å². The molecule has 0 unspecified atom stereocenters. The third-order valence-electron chi connectivity index (χ3n) is 2.40.